The van der Waals surface area contributed by atoms with E-state index in [9.17, 15) is 8.42 Å². The van der Waals surface area contributed by atoms with E-state index in [1.165, 1.54) is 5.69 Å². The van der Waals surface area contributed by atoms with E-state index in [-0.39, 0.29) is 0 Å². The Kier molecular flexibility index (Phi) is 4.31. The average Bonchev–Trinajstić information content (AvgIpc) is 3.16. The van der Waals surface area contributed by atoms with E-state index < -0.39 is 9.84 Å². The molecule has 140 valence electrons. The van der Waals surface area contributed by atoms with E-state index in [1.807, 2.05) is 12.1 Å². The number of aryl methyl sites for hydroxylation is 2. The Morgan fingerprint density at radius 2 is 1.92 bits per heavy atom. The third-order valence-electron chi connectivity index (χ3n) is 5.75. The zero-order valence-corrected chi connectivity index (χ0v) is 16.4. The molecule has 7 heteroatoms. The summed E-state index contributed by atoms with van der Waals surface area (Å²) >= 11 is 0. The van der Waals surface area contributed by atoms with Crippen molar-refractivity contribution in [2.75, 3.05) is 24.5 Å². The molecule has 26 heavy (non-hydrogen) atoms. The fraction of sp³-hybridized carbons (Fsp3) is 0.526. The van der Waals surface area contributed by atoms with Gasteiger partial charge in [-0.05, 0) is 70.0 Å². The molecular formula is C19H26N4O2S. The first-order valence-electron chi connectivity index (χ1n) is 9.25. The molecule has 6 nitrogen and oxygen atoms in total. The molecule has 0 atom stereocenters. The van der Waals surface area contributed by atoms with Crippen LogP contribution in [0.25, 0.3) is 0 Å². The summed E-state index contributed by atoms with van der Waals surface area (Å²) in [5.41, 5.74) is 3.58. The molecule has 0 saturated carbocycles. The van der Waals surface area contributed by atoms with E-state index in [0.717, 1.165) is 44.5 Å². The largest absolute Gasteiger partial charge is 0.368 e. The van der Waals surface area contributed by atoms with Crippen LogP contribution in [0.4, 0.5) is 5.69 Å². The predicted octanol–water partition coefficient (Wildman–Crippen LogP) is 1.98. The van der Waals surface area contributed by atoms with Crippen molar-refractivity contribution in [1.82, 2.24) is 15.1 Å². The second-order valence-corrected chi connectivity index (χ2v) is 9.23. The van der Waals surface area contributed by atoms with Gasteiger partial charge in [-0.3, -0.25) is 4.68 Å². The predicted molar refractivity (Wildman–Crippen MR) is 102 cm³/mol. The molecule has 2 aromatic rings. The topological polar surface area (TPSA) is 67.2 Å². The van der Waals surface area contributed by atoms with Gasteiger partial charge in [0.15, 0.2) is 0 Å². The summed E-state index contributed by atoms with van der Waals surface area (Å²) in [6.45, 7) is 6.66. The number of sulfone groups is 1. The lowest BCUT2D eigenvalue weighted by Crippen LogP contribution is -2.42. The molecule has 4 rings (SSSR count). The number of hydrogen-bond acceptors (Lipinski definition) is 5. The number of nitrogens with one attached hydrogen (secondary N) is 1. The normalized spacial score (nSPS) is 18.3. The van der Waals surface area contributed by atoms with E-state index in [2.05, 4.69) is 15.3 Å². The van der Waals surface area contributed by atoms with Gasteiger partial charge in [-0.1, -0.05) is 0 Å². The standard InChI is InChI=1S/C19H26N4O2S/c1-13-19(14(2)22(3)21-13)26(24,25)17-4-5-18-15(12-17)8-11-23(18)16-6-9-20-10-7-16/h4-5,12,16,20H,6-11H2,1-3H3. The molecule has 2 aliphatic rings. The van der Waals surface area contributed by atoms with Crippen molar-refractivity contribution in [3.63, 3.8) is 0 Å². The van der Waals surface area contributed by atoms with Gasteiger partial charge in [-0.25, -0.2) is 8.42 Å². The maximum Gasteiger partial charge on any atom is 0.210 e. The van der Waals surface area contributed by atoms with Crippen LogP contribution >= 0.6 is 0 Å². The van der Waals surface area contributed by atoms with Crippen LogP contribution in [-0.2, 0) is 23.3 Å². The molecule has 1 aromatic heterocycles. The molecule has 1 aromatic carbocycles. The summed E-state index contributed by atoms with van der Waals surface area (Å²) in [6, 6.07) is 6.19. The van der Waals surface area contributed by atoms with E-state index in [1.54, 1.807) is 31.6 Å². The highest BCUT2D eigenvalue weighted by Crippen LogP contribution is 2.35. The zero-order chi connectivity index (χ0) is 18.5. The molecule has 0 amide bonds. The van der Waals surface area contributed by atoms with Crippen molar-refractivity contribution in [1.29, 1.82) is 0 Å². The molecule has 3 heterocycles. The lowest BCUT2D eigenvalue weighted by atomic mass is 10.0. The Labute approximate surface area is 155 Å². The molecule has 0 radical (unpaired) electrons. The van der Waals surface area contributed by atoms with Gasteiger partial charge >= 0.3 is 0 Å². The first kappa shape index (κ1) is 17.5. The zero-order valence-electron chi connectivity index (χ0n) is 15.6. The maximum absolute atomic E-state index is 13.2. The van der Waals surface area contributed by atoms with Crippen LogP contribution < -0.4 is 10.2 Å². The fourth-order valence-corrected chi connectivity index (χ4v) is 6.06. The minimum Gasteiger partial charge on any atom is -0.368 e. The minimum absolute atomic E-state index is 0.341. The SMILES string of the molecule is Cc1nn(C)c(C)c1S(=O)(=O)c1ccc2c(c1)CCN2C1CCNCC1. The van der Waals surface area contributed by atoms with Crippen LogP contribution in [0.1, 0.15) is 29.8 Å². The van der Waals surface area contributed by atoms with Crippen LogP contribution in [0.5, 0.6) is 0 Å². The molecule has 0 bridgehead atoms. The van der Waals surface area contributed by atoms with Crippen molar-refractivity contribution >= 4 is 15.5 Å². The van der Waals surface area contributed by atoms with Gasteiger partial charge in [-0.15, -0.1) is 0 Å². The Balaban J connectivity index is 1.70. The number of fused-ring (bicyclic) bond motifs is 1. The van der Waals surface area contributed by atoms with E-state index >= 15 is 0 Å². The number of aromatic nitrogens is 2. The van der Waals surface area contributed by atoms with Crippen LogP contribution in [0.15, 0.2) is 28.0 Å². The van der Waals surface area contributed by atoms with Crippen molar-refractivity contribution in [3.8, 4) is 0 Å². The molecular weight excluding hydrogens is 348 g/mol. The van der Waals surface area contributed by atoms with Crippen molar-refractivity contribution in [2.45, 2.75) is 48.9 Å². The van der Waals surface area contributed by atoms with Crippen LogP contribution in [0, 0.1) is 13.8 Å². The van der Waals surface area contributed by atoms with Crippen molar-refractivity contribution < 1.29 is 8.42 Å². The second-order valence-electron chi connectivity index (χ2n) is 7.34. The summed E-state index contributed by atoms with van der Waals surface area (Å²) in [4.78, 5) is 3.18. The number of rotatable bonds is 3. The highest BCUT2D eigenvalue weighted by molar-refractivity contribution is 7.91. The van der Waals surface area contributed by atoms with Gasteiger partial charge in [0.05, 0.1) is 16.3 Å². The Bertz CT molecular complexity index is 943. The first-order chi connectivity index (χ1) is 12.4. The fourth-order valence-electron chi connectivity index (χ4n) is 4.33. The van der Waals surface area contributed by atoms with Crippen molar-refractivity contribution in [3.05, 3.63) is 35.2 Å². The van der Waals surface area contributed by atoms with Crippen molar-refractivity contribution in [2.24, 2.45) is 7.05 Å². The summed E-state index contributed by atoms with van der Waals surface area (Å²) in [7, 11) is -1.78. The van der Waals surface area contributed by atoms with Gasteiger partial charge in [0, 0.05) is 25.3 Å². The van der Waals surface area contributed by atoms with Gasteiger partial charge in [0.25, 0.3) is 0 Å². The molecule has 0 unspecified atom stereocenters. The third-order valence-corrected chi connectivity index (χ3v) is 7.76. The average molecular weight is 375 g/mol. The number of nitrogens with zero attached hydrogens (tertiary/aromatic N) is 3. The number of piperidine rings is 1. The summed E-state index contributed by atoms with van der Waals surface area (Å²) in [5, 5.41) is 7.68. The van der Waals surface area contributed by atoms with Gasteiger partial charge in [-0.2, -0.15) is 5.10 Å². The minimum atomic E-state index is -3.56. The monoisotopic (exact) mass is 374 g/mol. The smallest absolute Gasteiger partial charge is 0.210 e. The molecule has 0 spiro atoms. The first-order valence-corrected chi connectivity index (χ1v) is 10.7. The lowest BCUT2D eigenvalue weighted by molar-refractivity contribution is 0.435. The molecule has 1 fully saturated rings. The molecule has 1 saturated heterocycles. The summed E-state index contributed by atoms with van der Waals surface area (Å²) in [5.74, 6) is 0. The highest BCUT2D eigenvalue weighted by atomic mass is 32.2. The van der Waals surface area contributed by atoms with Crippen LogP contribution in [0.3, 0.4) is 0 Å². The molecule has 1 N–H and O–H groups in total. The third kappa shape index (κ3) is 2.74. The number of hydrogen-bond donors (Lipinski definition) is 1. The Morgan fingerprint density at radius 1 is 1.19 bits per heavy atom. The van der Waals surface area contributed by atoms with Crippen LogP contribution in [0.2, 0.25) is 0 Å². The summed E-state index contributed by atoms with van der Waals surface area (Å²) < 4.78 is 28.0. The van der Waals surface area contributed by atoms with E-state index in [4.69, 9.17) is 0 Å². The Hall–Kier alpha value is -1.86. The quantitative estimate of drug-likeness (QED) is 0.890. The van der Waals surface area contributed by atoms with Gasteiger partial charge in [0.1, 0.15) is 4.90 Å². The highest BCUT2D eigenvalue weighted by Gasteiger charge is 2.30. The van der Waals surface area contributed by atoms with Gasteiger partial charge < -0.3 is 10.2 Å². The van der Waals surface area contributed by atoms with Crippen LogP contribution in [-0.4, -0.2) is 43.9 Å². The lowest BCUT2D eigenvalue weighted by Gasteiger charge is -2.33. The molecule has 2 aliphatic heterocycles. The molecule has 0 aliphatic carbocycles. The maximum atomic E-state index is 13.2. The van der Waals surface area contributed by atoms with E-state index in [0.29, 0.717) is 27.2 Å². The number of anilines is 1. The Morgan fingerprint density at radius 3 is 2.58 bits per heavy atom. The van der Waals surface area contributed by atoms with Gasteiger partial charge in [0.2, 0.25) is 9.84 Å². The second kappa shape index (κ2) is 6.39. The summed E-state index contributed by atoms with van der Waals surface area (Å²) in [6.07, 6.45) is 3.20. The number of benzene rings is 1.